The zero-order chi connectivity index (χ0) is 20.7. The van der Waals surface area contributed by atoms with Crippen molar-refractivity contribution >= 4 is 29.8 Å². The van der Waals surface area contributed by atoms with E-state index in [1.54, 1.807) is 0 Å². The first-order valence-electron chi connectivity index (χ1n) is 7.99. The lowest BCUT2D eigenvalue weighted by molar-refractivity contribution is -0.300. The Morgan fingerprint density at radius 3 is 1.52 bits per heavy atom. The van der Waals surface area contributed by atoms with Gasteiger partial charge in [0.05, 0.1) is 0 Å². The van der Waals surface area contributed by atoms with Crippen LogP contribution in [0.15, 0.2) is 0 Å². The second-order valence-electron chi connectivity index (χ2n) is 5.68. The van der Waals surface area contributed by atoms with Gasteiger partial charge >= 0.3 is 29.8 Å². The van der Waals surface area contributed by atoms with Gasteiger partial charge < -0.3 is 28.4 Å². The van der Waals surface area contributed by atoms with Crippen LogP contribution >= 0.6 is 0 Å². The molecule has 152 valence electrons. The van der Waals surface area contributed by atoms with E-state index in [9.17, 15) is 24.0 Å². The number of hydrogen-bond donors (Lipinski definition) is 0. The summed E-state index contributed by atoms with van der Waals surface area (Å²) >= 11 is 0. The lowest BCUT2D eigenvalue weighted by Gasteiger charge is -2.43. The van der Waals surface area contributed by atoms with Crippen LogP contribution in [0.5, 0.6) is 0 Å². The fourth-order valence-corrected chi connectivity index (χ4v) is 2.45. The van der Waals surface area contributed by atoms with Gasteiger partial charge in [-0.25, -0.2) is 0 Å². The molecule has 1 aliphatic heterocycles. The highest BCUT2D eigenvalue weighted by Crippen LogP contribution is 2.29. The van der Waals surface area contributed by atoms with Crippen LogP contribution in [0.1, 0.15) is 34.6 Å². The van der Waals surface area contributed by atoms with Crippen LogP contribution in [-0.4, -0.2) is 67.2 Å². The highest BCUT2D eigenvalue weighted by atomic mass is 16.7. The lowest BCUT2D eigenvalue weighted by atomic mass is 9.98. The van der Waals surface area contributed by atoms with Crippen molar-refractivity contribution in [3.8, 4) is 0 Å². The molecule has 0 amide bonds. The Morgan fingerprint density at radius 1 is 0.630 bits per heavy atom. The van der Waals surface area contributed by atoms with Crippen molar-refractivity contribution in [2.45, 2.75) is 65.3 Å². The first-order valence-corrected chi connectivity index (χ1v) is 7.99. The van der Waals surface area contributed by atoms with E-state index in [-0.39, 0.29) is 0 Å². The Balaban J connectivity index is 3.29. The van der Waals surface area contributed by atoms with Gasteiger partial charge in [0.1, 0.15) is 12.7 Å². The van der Waals surface area contributed by atoms with Gasteiger partial charge in [0.25, 0.3) is 0 Å². The minimum atomic E-state index is -1.48. The second-order valence-corrected chi connectivity index (χ2v) is 5.68. The minimum Gasteiger partial charge on any atom is -0.463 e. The van der Waals surface area contributed by atoms with Gasteiger partial charge in [0, 0.05) is 34.6 Å². The first-order chi connectivity index (χ1) is 12.5. The maximum Gasteiger partial charge on any atom is 0.305 e. The van der Waals surface area contributed by atoms with Crippen LogP contribution in [-0.2, 0) is 52.4 Å². The molecule has 0 saturated carbocycles. The normalized spacial score (nSPS) is 27.1. The highest BCUT2D eigenvalue weighted by molar-refractivity contribution is 5.69. The van der Waals surface area contributed by atoms with Crippen molar-refractivity contribution in [3.05, 3.63) is 0 Å². The van der Waals surface area contributed by atoms with Gasteiger partial charge in [-0.15, -0.1) is 0 Å². The monoisotopic (exact) mass is 390 g/mol. The Bertz CT molecular complexity index is 599. The summed E-state index contributed by atoms with van der Waals surface area (Å²) in [5, 5.41) is 0. The fraction of sp³-hybridized carbons (Fsp3) is 0.688. The summed E-state index contributed by atoms with van der Waals surface area (Å²) < 4.78 is 30.8. The quantitative estimate of drug-likeness (QED) is 0.433. The Kier molecular flexibility index (Phi) is 8.16. The molecule has 5 atom stereocenters. The largest absolute Gasteiger partial charge is 0.463 e. The molecule has 0 aromatic heterocycles. The van der Waals surface area contributed by atoms with Crippen LogP contribution in [0.2, 0.25) is 0 Å². The van der Waals surface area contributed by atoms with Crippen LogP contribution in [0.25, 0.3) is 0 Å². The molecule has 1 rings (SSSR count). The van der Waals surface area contributed by atoms with E-state index in [2.05, 4.69) is 0 Å². The summed E-state index contributed by atoms with van der Waals surface area (Å²) in [7, 11) is 0. The molecule has 2 unspecified atom stereocenters. The molecule has 27 heavy (non-hydrogen) atoms. The van der Waals surface area contributed by atoms with Gasteiger partial charge in [0.2, 0.25) is 12.4 Å². The molecule has 11 nitrogen and oxygen atoms in total. The van der Waals surface area contributed by atoms with E-state index in [1.165, 1.54) is 0 Å². The topological polar surface area (TPSA) is 141 Å². The van der Waals surface area contributed by atoms with Gasteiger partial charge in [-0.2, -0.15) is 0 Å². The molecule has 0 aromatic rings. The molecular weight excluding hydrogens is 368 g/mol. The molecule has 0 radical (unpaired) electrons. The summed E-state index contributed by atoms with van der Waals surface area (Å²) in [6, 6.07) is 0. The van der Waals surface area contributed by atoms with E-state index >= 15 is 0 Å². The summed E-state index contributed by atoms with van der Waals surface area (Å²) in [4.78, 5) is 57.0. The standard InChI is InChI=1S/C16H22O11/c1-7(17)22-6-12-13(23-8(2)18)14(24-9(3)19)15(25-10(4)20)16(27-12)26-11(5)21/h12-16H,6H2,1-5H3/t12?,13-,14?,15-,16+/m0/s1. The van der Waals surface area contributed by atoms with Gasteiger partial charge in [-0.05, 0) is 0 Å². The third-order valence-corrected chi connectivity index (χ3v) is 3.23. The van der Waals surface area contributed by atoms with Crippen molar-refractivity contribution in [2.24, 2.45) is 0 Å². The summed E-state index contributed by atoms with van der Waals surface area (Å²) in [6.07, 6.45) is -6.70. The van der Waals surface area contributed by atoms with Crippen molar-refractivity contribution in [1.29, 1.82) is 0 Å². The van der Waals surface area contributed by atoms with E-state index in [4.69, 9.17) is 28.4 Å². The van der Waals surface area contributed by atoms with Crippen LogP contribution in [0.3, 0.4) is 0 Å². The molecule has 0 aliphatic carbocycles. The van der Waals surface area contributed by atoms with Crippen LogP contribution < -0.4 is 0 Å². The third-order valence-electron chi connectivity index (χ3n) is 3.23. The van der Waals surface area contributed by atoms with Crippen LogP contribution in [0, 0.1) is 0 Å². The number of carbonyl (C=O) groups is 5. The molecule has 0 bridgehead atoms. The maximum atomic E-state index is 11.5. The molecule has 0 aromatic carbocycles. The molecule has 0 N–H and O–H groups in total. The van der Waals surface area contributed by atoms with Gasteiger partial charge in [-0.1, -0.05) is 0 Å². The predicted octanol–water partition coefficient (Wildman–Crippen LogP) is -0.367. The first kappa shape index (κ1) is 22.4. The third kappa shape index (κ3) is 7.21. The van der Waals surface area contributed by atoms with Crippen molar-refractivity contribution in [1.82, 2.24) is 0 Å². The highest BCUT2D eigenvalue weighted by Gasteiger charge is 2.53. The SMILES string of the molecule is CC(=O)OCC1O[C@@H](OC(C)=O)[C@@H](OC(C)=O)C(OC(C)=O)[C@H]1OC(C)=O. The fourth-order valence-electron chi connectivity index (χ4n) is 2.45. The molecule has 11 heteroatoms. The average molecular weight is 390 g/mol. The average Bonchev–Trinajstić information content (AvgIpc) is 2.49. The molecule has 0 spiro atoms. The Labute approximate surface area is 155 Å². The molecule has 1 heterocycles. The van der Waals surface area contributed by atoms with Crippen molar-refractivity contribution < 1.29 is 52.4 Å². The zero-order valence-electron chi connectivity index (χ0n) is 15.6. The molecule has 1 saturated heterocycles. The minimum absolute atomic E-state index is 0.393. The number of rotatable bonds is 6. The predicted molar refractivity (Wildman–Crippen MR) is 83.7 cm³/mol. The number of esters is 5. The van der Waals surface area contributed by atoms with Gasteiger partial charge in [0.15, 0.2) is 12.2 Å². The summed E-state index contributed by atoms with van der Waals surface area (Å²) in [6.45, 7) is 5.13. The Morgan fingerprint density at radius 2 is 1.07 bits per heavy atom. The van der Waals surface area contributed by atoms with E-state index in [1.807, 2.05) is 0 Å². The van der Waals surface area contributed by atoms with Gasteiger partial charge in [-0.3, -0.25) is 24.0 Å². The number of hydrogen-bond acceptors (Lipinski definition) is 11. The number of ether oxygens (including phenoxy) is 6. The zero-order valence-corrected chi connectivity index (χ0v) is 15.6. The maximum absolute atomic E-state index is 11.5. The smallest absolute Gasteiger partial charge is 0.305 e. The van der Waals surface area contributed by atoms with E-state index < -0.39 is 67.2 Å². The summed E-state index contributed by atoms with van der Waals surface area (Å²) in [5.41, 5.74) is 0. The van der Waals surface area contributed by atoms with E-state index in [0.717, 1.165) is 34.6 Å². The molecular formula is C16H22O11. The molecule has 1 aliphatic rings. The van der Waals surface area contributed by atoms with Crippen molar-refractivity contribution in [2.75, 3.05) is 6.61 Å². The second kappa shape index (κ2) is 9.86. The van der Waals surface area contributed by atoms with E-state index in [0.29, 0.717) is 0 Å². The Hall–Kier alpha value is -2.69. The summed E-state index contributed by atoms with van der Waals surface area (Å²) in [5.74, 6) is -3.71. The van der Waals surface area contributed by atoms with Crippen molar-refractivity contribution in [3.63, 3.8) is 0 Å². The molecule has 1 fully saturated rings. The van der Waals surface area contributed by atoms with Crippen LogP contribution in [0.4, 0.5) is 0 Å². The lowest BCUT2D eigenvalue weighted by Crippen LogP contribution is -2.63. The number of carbonyl (C=O) groups excluding carboxylic acids is 5.